The highest BCUT2D eigenvalue weighted by molar-refractivity contribution is 6.30. The number of aryl methyl sites for hydroxylation is 1. The van der Waals surface area contributed by atoms with Crippen LogP contribution in [-0.2, 0) is 11.2 Å². The highest BCUT2D eigenvalue weighted by Gasteiger charge is 2.39. The summed E-state index contributed by atoms with van der Waals surface area (Å²) in [5.74, 6) is -0.602. The zero-order chi connectivity index (χ0) is 24.6. The normalized spacial score (nSPS) is 14.2. The number of carbonyl (C=O) groups excluding carboxylic acids is 1. The summed E-state index contributed by atoms with van der Waals surface area (Å²) in [5.41, 5.74) is 0.385. The molecule has 12 heteroatoms. The molecule has 0 spiro atoms. The van der Waals surface area contributed by atoms with E-state index in [1.165, 1.54) is 17.0 Å². The van der Waals surface area contributed by atoms with E-state index < -0.39 is 24.4 Å². The summed E-state index contributed by atoms with van der Waals surface area (Å²) in [5, 5.41) is 10.3. The predicted octanol–water partition coefficient (Wildman–Crippen LogP) is 4.49. The lowest BCUT2D eigenvalue weighted by Gasteiger charge is -2.37. The maximum absolute atomic E-state index is 13.3. The van der Waals surface area contributed by atoms with Gasteiger partial charge in [-0.2, -0.15) is 13.2 Å². The summed E-state index contributed by atoms with van der Waals surface area (Å²) in [6.45, 7) is 6.85. The van der Waals surface area contributed by atoms with E-state index in [0.29, 0.717) is 30.3 Å². The molecule has 2 aromatic rings. The lowest BCUT2D eigenvalue weighted by atomic mass is 10.0. The third kappa shape index (κ3) is 8.65. The number of nitrogens with one attached hydrogen (secondary N) is 1. The van der Waals surface area contributed by atoms with E-state index in [-0.39, 0.29) is 36.4 Å². The highest BCUT2D eigenvalue weighted by Crippen LogP contribution is 2.29. The third-order valence-corrected chi connectivity index (χ3v) is 4.72. The second kappa shape index (κ2) is 12.0. The van der Waals surface area contributed by atoms with Gasteiger partial charge in [0.2, 0.25) is 11.8 Å². The van der Waals surface area contributed by atoms with Gasteiger partial charge in [-0.1, -0.05) is 32.0 Å². The summed E-state index contributed by atoms with van der Waals surface area (Å²) < 4.78 is 61.0. The Morgan fingerprint density at radius 3 is 2.67 bits per heavy atom. The van der Waals surface area contributed by atoms with Gasteiger partial charge in [0.25, 0.3) is 5.91 Å². The van der Waals surface area contributed by atoms with Gasteiger partial charge >= 0.3 is 6.18 Å². The van der Waals surface area contributed by atoms with Crippen LogP contribution in [0.5, 0.6) is 5.75 Å². The quantitative estimate of drug-likeness (QED) is 0.519. The number of hydrogen-bond acceptors (Lipinski definition) is 6. The minimum atomic E-state index is -4.23. The van der Waals surface area contributed by atoms with Crippen LogP contribution in [0, 0.1) is 5.82 Å². The zero-order valence-corrected chi connectivity index (χ0v) is 19.0. The van der Waals surface area contributed by atoms with Crippen molar-refractivity contribution >= 4 is 17.5 Å². The number of benzene rings is 1. The second-order valence-corrected chi connectivity index (χ2v) is 7.46. The molecule has 33 heavy (non-hydrogen) atoms. The average molecular weight is 493 g/mol. The first-order valence-corrected chi connectivity index (χ1v) is 10.6. The number of hydrogen-bond donors (Lipinski definition) is 1. The van der Waals surface area contributed by atoms with Crippen molar-refractivity contribution in [3.8, 4) is 5.75 Å². The van der Waals surface area contributed by atoms with Crippen LogP contribution in [0.3, 0.4) is 0 Å². The maximum Gasteiger partial charge on any atom is 0.401 e. The molecule has 1 aliphatic rings. The van der Waals surface area contributed by atoms with Crippen molar-refractivity contribution in [3.63, 3.8) is 0 Å². The number of halogens is 5. The number of amides is 1. The van der Waals surface area contributed by atoms with Crippen molar-refractivity contribution in [2.45, 2.75) is 38.8 Å². The molecule has 0 atom stereocenters. The number of nitrogens with zero attached hydrogens (tertiary/aromatic N) is 3. The molecule has 3 rings (SSSR count). The number of aromatic nitrogens is 2. The number of likely N-dealkylation sites (tertiary alicyclic amines) is 1. The van der Waals surface area contributed by atoms with E-state index in [1.54, 1.807) is 0 Å². The molecule has 1 saturated heterocycles. The number of rotatable bonds is 9. The molecule has 0 aliphatic carbocycles. The summed E-state index contributed by atoms with van der Waals surface area (Å²) in [6.07, 6.45) is -3.62. The Kier molecular flexibility index (Phi) is 9.66. The average Bonchev–Trinajstić information content (AvgIpc) is 3.19. The van der Waals surface area contributed by atoms with Gasteiger partial charge in [-0.3, -0.25) is 9.69 Å². The van der Waals surface area contributed by atoms with Gasteiger partial charge in [0, 0.05) is 31.3 Å². The maximum atomic E-state index is 13.3. The number of alkyl halides is 3. The lowest BCUT2D eigenvalue weighted by Crippen LogP contribution is -2.49. The molecular formula is C21H25ClF4N4O3. The topological polar surface area (TPSA) is 80.5 Å². The standard InChI is InChI=1S/C19H19ClF4N4O3.C2H6/c1-11(25-16(29)9-30-13-3-4-14(20)15(21)6-13)2-5-17-26-27-18(31-17)12-7-28(8-12)10-19(22,23)24;1-2/h3-4,6,12H,1-2,5,7-10H2,(H,25,29);1-2H3. The van der Waals surface area contributed by atoms with Crippen molar-refractivity contribution < 1.29 is 31.5 Å². The zero-order valence-electron chi connectivity index (χ0n) is 18.2. The summed E-state index contributed by atoms with van der Waals surface area (Å²) in [7, 11) is 0. The van der Waals surface area contributed by atoms with Crippen molar-refractivity contribution in [3.05, 3.63) is 53.1 Å². The van der Waals surface area contributed by atoms with Crippen LogP contribution in [0.4, 0.5) is 17.6 Å². The van der Waals surface area contributed by atoms with E-state index in [2.05, 4.69) is 22.1 Å². The molecule has 0 radical (unpaired) electrons. The van der Waals surface area contributed by atoms with Gasteiger partial charge in [-0.15, -0.1) is 10.2 Å². The van der Waals surface area contributed by atoms with Crippen LogP contribution in [-0.4, -0.2) is 53.4 Å². The first kappa shape index (κ1) is 26.6. The fourth-order valence-electron chi connectivity index (χ4n) is 2.91. The lowest BCUT2D eigenvalue weighted by molar-refractivity contribution is -0.155. The van der Waals surface area contributed by atoms with Crippen molar-refractivity contribution in [2.75, 3.05) is 26.2 Å². The van der Waals surface area contributed by atoms with Crippen LogP contribution in [0.1, 0.15) is 38.0 Å². The van der Waals surface area contributed by atoms with E-state index in [0.717, 1.165) is 6.07 Å². The Bertz CT molecular complexity index is 946. The Morgan fingerprint density at radius 2 is 2.03 bits per heavy atom. The smallest absolute Gasteiger partial charge is 0.401 e. The molecule has 1 amide bonds. The summed E-state index contributed by atoms with van der Waals surface area (Å²) >= 11 is 5.58. The van der Waals surface area contributed by atoms with Gasteiger partial charge in [-0.05, 0) is 18.6 Å². The number of carbonyl (C=O) groups is 1. The third-order valence-electron chi connectivity index (χ3n) is 4.41. The molecule has 0 unspecified atom stereocenters. The van der Waals surface area contributed by atoms with Gasteiger partial charge in [0.15, 0.2) is 6.61 Å². The number of ether oxygens (including phenoxy) is 1. The van der Waals surface area contributed by atoms with E-state index in [1.807, 2.05) is 13.8 Å². The van der Waals surface area contributed by atoms with Gasteiger partial charge in [0.05, 0.1) is 17.5 Å². The van der Waals surface area contributed by atoms with Crippen molar-refractivity contribution in [1.29, 1.82) is 0 Å². The molecular weight excluding hydrogens is 468 g/mol. The summed E-state index contributed by atoms with van der Waals surface area (Å²) in [4.78, 5) is 13.2. The molecule has 0 saturated carbocycles. The fourth-order valence-corrected chi connectivity index (χ4v) is 3.03. The monoisotopic (exact) mass is 492 g/mol. The largest absolute Gasteiger partial charge is 0.484 e. The molecule has 7 nitrogen and oxygen atoms in total. The van der Waals surface area contributed by atoms with Gasteiger partial charge in [0.1, 0.15) is 11.6 Å². The van der Waals surface area contributed by atoms with Gasteiger partial charge in [-0.25, -0.2) is 4.39 Å². The minimum absolute atomic E-state index is 0.0506. The minimum Gasteiger partial charge on any atom is -0.484 e. The van der Waals surface area contributed by atoms with Crippen LogP contribution in [0.15, 0.2) is 34.9 Å². The first-order valence-electron chi connectivity index (χ1n) is 10.3. The molecule has 0 bridgehead atoms. The summed E-state index contributed by atoms with van der Waals surface area (Å²) in [6, 6.07) is 3.83. The van der Waals surface area contributed by atoms with Crippen LogP contribution in [0.2, 0.25) is 5.02 Å². The molecule has 1 N–H and O–H groups in total. The predicted molar refractivity (Wildman–Crippen MR) is 113 cm³/mol. The van der Waals surface area contributed by atoms with E-state index >= 15 is 0 Å². The SMILES string of the molecule is C=C(CCc1nnc(C2CN(CC(F)(F)F)C2)o1)NC(=O)COc1ccc(Cl)c(F)c1.CC. The molecule has 2 heterocycles. The van der Waals surface area contributed by atoms with Gasteiger partial charge < -0.3 is 14.5 Å². The highest BCUT2D eigenvalue weighted by atomic mass is 35.5. The Morgan fingerprint density at radius 1 is 1.33 bits per heavy atom. The van der Waals surface area contributed by atoms with Crippen molar-refractivity contribution in [1.82, 2.24) is 20.4 Å². The molecule has 182 valence electrons. The van der Waals surface area contributed by atoms with E-state index in [9.17, 15) is 22.4 Å². The first-order chi connectivity index (χ1) is 15.6. The Labute approximate surface area is 193 Å². The van der Waals surface area contributed by atoms with Crippen molar-refractivity contribution in [2.24, 2.45) is 0 Å². The van der Waals surface area contributed by atoms with Crippen LogP contribution in [0.25, 0.3) is 0 Å². The molecule has 1 aromatic heterocycles. The second-order valence-electron chi connectivity index (χ2n) is 7.06. The fraction of sp³-hybridized carbons (Fsp3) is 0.476. The Hall–Kier alpha value is -2.66. The van der Waals surface area contributed by atoms with Crippen LogP contribution >= 0.6 is 11.6 Å². The Balaban J connectivity index is 0.00000187. The number of allylic oxidation sites excluding steroid dienone is 1. The molecule has 1 aromatic carbocycles. The molecule has 1 aliphatic heterocycles. The molecule has 1 fully saturated rings. The van der Waals surface area contributed by atoms with E-state index in [4.69, 9.17) is 20.8 Å². The van der Waals surface area contributed by atoms with Crippen LogP contribution < -0.4 is 10.1 Å².